The Morgan fingerprint density at radius 1 is 1.36 bits per heavy atom. The summed E-state index contributed by atoms with van der Waals surface area (Å²) in [5, 5.41) is 4.02. The van der Waals surface area contributed by atoms with E-state index in [1.165, 1.54) is 0 Å². The Kier molecular flexibility index (Phi) is 5.67. The van der Waals surface area contributed by atoms with E-state index in [1.807, 2.05) is 30.4 Å². The Balaban J connectivity index is 2.55. The van der Waals surface area contributed by atoms with Crippen LogP contribution in [0.2, 0.25) is 5.02 Å². The minimum absolute atomic E-state index is 0.555. The van der Waals surface area contributed by atoms with Crippen molar-refractivity contribution in [2.24, 2.45) is 0 Å². The number of rotatable bonds is 4. The molecule has 0 aliphatic rings. The van der Waals surface area contributed by atoms with Gasteiger partial charge in [0.2, 0.25) is 0 Å². The van der Waals surface area contributed by atoms with E-state index in [0.717, 1.165) is 20.8 Å². The van der Waals surface area contributed by atoms with Gasteiger partial charge in [-0.25, -0.2) is 0 Å². The van der Waals surface area contributed by atoms with Gasteiger partial charge in [-0.2, -0.15) is 0 Å². The second kappa shape index (κ2) is 6.53. The van der Waals surface area contributed by atoms with E-state index >= 15 is 0 Å². The van der Waals surface area contributed by atoms with E-state index in [9.17, 15) is 0 Å². The van der Waals surface area contributed by atoms with Gasteiger partial charge in [-0.05, 0) is 40.8 Å². The molecular formula is C10H10Cl2IN. The van der Waals surface area contributed by atoms with Crippen molar-refractivity contribution in [1.29, 1.82) is 0 Å². The number of benzene rings is 1. The number of allylic oxidation sites excluding steroid dienone is 1. The zero-order chi connectivity index (χ0) is 10.4. The van der Waals surface area contributed by atoms with E-state index in [-0.39, 0.29) is 0 Å². The fourth-order valence-electron chi connectivity index (χ4n) is 0.948. The minimum atomic E-state index is 0.555. The van der Waals surface area contributed by atoms with E-state index in [0.29, 0.717) is 5.88 Å². The molecule has 0 spiro atoms. The molecule has 0 aromatic heterocycles. The van der Waals surface area contributed by atoms with Gasteiger partial charge in [0.25, 0.3) is 0 Å². The van der Waals surface area contributed by atoms with Crippen LogP contribution in [-0.4, -0.2) is 12.4 Å². The summed E-state index contributed by atoms with van der Waals surface area (Å²) in [6.45, 7) is 0.782. The second-order valence-electron chi connectivity index (χ2n) is 2.63. The maximum Gasteiger partial charge on any atom is 0.0479 e. The molecule has 0 atom stereocenters. The van der Waals surface area contributed by atoms with Crippen molar-refractivity contribution in [3.8, 4) is 0 Å². The Hall–Kier alpha value is 0.0700. The molecule has 0 saturated carbocycles. The first-order valence-electron chi connectivity index (χ1n) is 4.14. The Bertz CT molecular complexity index is 326. The number of halogens is 3. The highest BCUT2D eigenvalue weighted by Gasteiger charge is 1.97. The van der Waals surface area contributed by atoms with Crippen LogP contribution in [0.4, 0.5) is 5.69 Å². The molecule has 0 heterocycles. The van der Waals surface area contributed by atoms with Crippen LogP contribution < -0.4 is 5.32 Å². The molecule has 0 bridgehead atoms. The van der Waals surface area contributed by atoms with Gasteiger partial charge < -0.3 is 5.32 Å². The van der Waals surface area contributed by atoms with Gasteiger partial charge >= 0.3 is 0 Å². The van der Waals surface area contributed by atoms with Crippen LogP contribution in [-0.2, 0) is 0 Å². The third-order valence-electron chi connectivity index (χ3n) is 1.60. The maximum absolute atomic E-state index is 5.84. The van der Waals surface area contributed by atoms with Gasteiger partial charge in [0.05, 0.1) is 0 Å². The smallest absolute Gasteiger partial charge is 0.0479 e. The average molecular weight is 342 g/mol. The van der Waals surface area contributed by atoms with Gasteiger partial charge in [-0.1, -0.05) is 23.8 Å². The van der Waals surface area contributed by atoms with Crippen LogP contribution in [0, 0.1) is 3.57 Å². The fourth-order valence-corrected chi connectivity index (χ4v) is 2.14. The van der Waals surface area contributed by atoms with Crippen molar-refractivity contribution in [1.82, 2.24) is 0 Å². The van der Waals surface area contributed by atoms with Crippen LogP contribution in [0.5, 0.6) is 0 Å². The summed E-state index contributed by atoms with van der Waals surface area (Å²) in [4.78, 5) is 0. The quantitative estimate of drug-likeness (QED) is 0.493. The van der Waals surface area contributed by atoms with Crippen LogP contribution in [0.3, 0.4) is 0 Å². The van der Waals surface area contributed by atoms with E-state index in [1.54, 1.807) is 0 Å². The number of alkyl halides is 1. The molecule has 14 heavy (non-hydrogen) atoms. The number of nitrogens with one attached hydrogen (secondary N) is 1. The molecule has 1 N–H and O–H groups in total. The lowest BCUT2D eigenvalue weighted by molar-refractivity contribution is 1.32. The molecule has 0 unspecified atom stereocenters. The first-order chi connectivity index (χ1) is 6.74. The van der Waals surface area contributed by atoms with Gasteiger partial charge in [0, 0.05) is 26.7 Å². The highest BCUT2D eigenvalue weighted by atomic mass is 127. The number of hydrogen-bond acceptors (Lipinski definition) is 1. The molecule has 0 radical (unpaired) electrons. The fraction of sp³-hybridized carbons (Fsp3) is 0.200. The maximum atomic E-state index is 5.84. The topological polar surface area (TPSA) is 12.0 Å². The van der Waals surface area contributed by atoms with Gasteiger partial charge in [-0.3, -0.25) is 0 Å². The molecule has 76 valence electrons. The zero-order valence-corrected chi connectivity index (χ0v) is 11.1. The molecule has 1 aromatic carbocycles. The van der Waals surface area contributed by atoms with Crippen LogP contribution >= 0.6 is 45.8 Å². The Labute approximate surface area is 108 Å². The molecule has 0 saturated heterocycles. The SMILES string of the molecule is ClC/C=C/CNc1ccc(Cl)cc1I. The molecule has 1 rings (SSSR count). The summed E-state index contributed by atoms with van der Waals surface area (Å²) >= 11 is 13.6. The first-order valence-corrected chi connectivity index (χ1v) is 6.13. The second-order valence-corrected chi connectivity index (χ2v) is 4.54. The predicted molar refractivity (Wildman–Crippen MR) is 72.5 cm³/mol. The number of hydrogen-bond donors (Lipinski definition) is 1. The molecule has 0 aliphatic heterocycles. The van der Waals surface area contributed by atoms with Crippen molar-refractivity contribution in [3.63, 3.8) is 0 Å². The molecule has 0 amide bonds. The van der Waals surface area contributed by atoms with Crippen molar-refractivity contribution in [2.45, 2.75) is 0 Å². The van der Waals surface area contributed by atoms with Crippen molar-refractivity contribution in [3.05, 3.63) is 38.9 Å². The highest BCUT2D eigenvalue weighted by Crippen LogP contribution is 2.21. The molecular weight excluding hydrogens is 332 g/mol. The van der Waals surface area contributed by atoms with Crippen molar-refractivity contribution < 1.29 is 0 Å². The number of anilines is 1. The lowest BCUT2D eigenvalue weighted by Gasteiger charge is -2.05. The first kappa shape index (κ1) is 12.1. The largest absolute Gasteiger partial charge is 0.381 e. The Morgan fingerprint density at radius 2 is 2.14 bits per heavy atom. The summed E-state index contributed by atoms with van der Waals surface area (Å²) < 4.78 is 1.12. The van der Waals surface area contributed by atoms with E-state index in [2.05, 4.69) is 27.9 Å². The lowest BCUT2D eigenvalue weighted by Crippen LogP contribution is -1.99. The van der Waals surface area contributed by atoms with E-state index < -0.39 is 0 Å². The highest BCUT2D eigenvalue weighted by molar-refractivity contribution is 14.1. The zero-order valence-electron chi connectivity index (χ0n) is 7.43. The monoisotopic (exact) mass is 341 g/mol. The predicted octanol–water partition coefficient (Wildman–Crippen LogP) is 4.15. The molecule has 4 heteroatoms. The summed E-state index contributed by atoms with van der Waals surface area (Å²) in [5.41, 5.74) is 1.09. The molecule has 0 fully saturated rings. The normalized spacial score (nSPS) is 10.8. The van der Waals surface area contributed by atoms with Crippen molar-refractivity contribution in [2.75, 3.05) is 17.7 Å². The summed E-state index contributed by atoms with van der Waals surface area (Å²) in [6.07, 6.45) is 3.91. The molecule has 1 aromatic rings. The van der Waals surface area contributed by atoms with E-state index in [4.69, 9.17) is 23.2 Å². The minimum Gasteiger partial charge on any atom is -0.381 e. The molecule has 1 nitrogen and oxygen atoms in total. The van der Waals surface area contributed by atoms with Gasteiger partial charge in [0.15, 0.2) is 0 Å². The average Bonchev–Trinajstić information content (AvgIpc) is 2.15. The lowest BCUT2D eigenvalue weighted by atomic mass is 10.3. The van der Waals surface area contributed by atoms with Crippen LogP contribution in [0.1, 0.15) is 0 Å². The third-order valence-corrected chi connectivity index (χ3v) is 2.90. The third kappa shape index (κ3) is 4.07. The summed E-state index contributed by atoms with van der Waals surface area (Å²) in [5.74, 6) is 0.555. The Morgan fingerprint density at radius 3 is 2.79 bits per heavy atom. The summed E-state index contributed by atoms with van der Waals surface area (Å²) in [6, 6.07) is 5.77. The van der Waals surface area contributed by atoms with Gasteiger partial charge in [-0.15, -0.1) is 11.6 Å². The summed E-state index contributed by atoms with van der Waals surface area (Å²) in [7, 11) is 0. The standard InChI is InChI=1S/C10H10Cl2IN/c11-5-1-2-6-14-10-4-3-8(12)7-9(10)13/h1-4,7,14H,5-6H2/b2-1+. The van der Waals surface area contributed by atoms with Crippen LogP contribution in [0.15, 0.2) is 30.4 Å². The molecule has 0 aliphatic carbocycles. The van der Waals surface area contributed by atoms with Gasteiger partial charge in [0.1, 0.15) is 0 Å². The van der Waals surface area contributed by atoms with Crippen molar-refractivity contribution >= 4 is 51.5 Å². The van der Waals surface area contributed by atoms with Crippen LogP contribution in [0.25, 0.3) is 0 Å².